The third-order valence-corrected chi connectivity index (χ3v) is 16.6. The van der Waals surface area contributed by atoms with E-state index in [4.69, 9.17) is 9.51 Å². The molecule has 2 aromatic heterocycles. The Kier molecular flexibility index (Phi) is 7.47. The fraction of sp³-hybridized carbons (Fsp3) is 0.756. The molecule has 1 aliphatic heterocycles. The van der Waals surface area contributed by atoms with Crippen LogP contribution < -0.4 is 0 Å². The maximum absolute atomic E-state index is 15.3. The molecule has 48 heavy (non-hydrogen) atoms. The average molecular weight is 655 g/mol. The van der Waals surface area contributed by atoms with Crippen LogP contribution in [0.15, 0.2) is 41.2 Å². The Morgan fingerprint density at radius 3 is 2.52 bits per heavy atom. The molecule has 0 radical (unpaired) electrons. The van der Waals surface area contributed by atoms with Gasteiger partial charge < -0.3 is 14.5 Å². The van der Waals surface area contributed by atoms with Gasteiger partial charge in [0.05, 0.1) is 11.5 Å². The highest BCUT2D eigenvalue weighted by atomic mass is 16.5. The van der Waals surface area contributed by atoms with Crippen LogP contribution in [0.25, 0.3) is 11.4 Å². The van der Waals surface area contributed by atoms with E-state index in [0.29, 0.717) is 47.2 Å². The SMILES string of the molecule is C=C(C)[C@@H]1CC[C@]2(C(=O)N3CCC[C@@H]3c3nc(-c4cccnc4)no3)CC[C@]3(C)[C@H](CC[C@@H]4[C@@]5(C)CCC(O)C(C)(C)[C@@H]5CC[C@]43C)[C@@H]12. The molecule has 260 valence electrons. The first-order valence-electron chi connectivity index (χ1n) is 19.2. The fourth-order valence-corrected chi connectivity index (χ4v) is 14.0. The Balaban J connectivity index is 1.12. The molecule has 7 heteroatoms. The number of carbonyl (C=O) groups is 1. The summed E-state index contributed by atoms with van der Waals surface area (Å²) >= 11 is 0. The minimum Gasteiger partial charge on any atom is -0.393 e. The second-order valence-electron chi connectivity index (χ2n) is 18.6. The van der Waals surface area contributed by atoms with Crippen molar-refractivity contribution in [3.05, 3.63) is 42.6 Å². The highest BCUT2D eigenvalue weighted by Gasteiger charge is 2.72. The van der Waals surface area contributed by atoms with E-state index in [1.807, 2.05) is 12.1 Å². The number of aromatic nitrogens is 3. The predicted octanol–water partition coefficient (Wildman–Crippen LogP) is 8.81. The minimum atomic E-state index is -0.357. The number of likely N-dealkylation sites (tertiary alicyclic amines) is 1. The molecule has 2 aromatic rings. The number of allylic oxidation sites excluding steroid dienone is 1. The molecule has 1 N–H and O–H groups in total. The largest absolute Gasteiger partial charge is 0.393 e. The zero-order valence-corrected chi connectivity index (χ0v) is 30.3. The molecule has 11 atom stereocenters. The van der Waals surface area contributed by atoms with Gasteiger partial charge in [-0.15, -0.1) is 0 Å². The van der Waals surface area contributed by atoms with Crippen LogP contribution in [0.3, 0.4) is 0 Å². The van der Waals surface area contributed by atoms with Gasteiger partial charge in [0.2, 0.25) is 17.6 Å². The Morgan fingerprint density at radius 1 is 0.958 bits per heavy atom. The zero-order valence-electron chi connectivity index (χ0n) is 30.3. The van der Waals surface area contributed by atoms with E-state index < -0.39 is 0 Å². The van der Waals surface area contributed by atoms with Crippen LogP contribution >= 0.6 is 0 Å². The molecule has 8 rings (SSSR count). The van der Waals surface area contributed by atoms with Crippen LogP contribution in [0.1, 0.15) is 131 Å². The first-order chi connectivity index (χ1) is 22.8. The molecule has 3 heterocycles. The molecule has 0 aromatic carbocycles. The fourth-order valence-electron chi connectivity index (χ4n) is 14.0. The highest BCUT2D eigenvalue weighted by Crippen LogP contribution is 2.77. The van der Waals surface area contributed by atoms with Crippen molar-refractivity contribution in [1.29, 1.82) is 0 Å². The monoisotopic (exact) mass is 654 g/mol. The van der Waals surface area contributed by atoms with Crippen LogP contribution in [0.4, 0.5) is 0 Å². The van der Waals surface area contributed by atoms with Gasteiger partial charge in [-0.25, -0.2) is 0 Å². The standard InChI is InChI=1S/C41H58N4O3/c1-25(2)27-14-19-41(36(47)45-23-9-11-29(45)35-43-34(44-48-35)26-10-8-22-42-24-26)21-20-39(6)28(33(27)41)12-13-31-38(5)17-16-32(46)37(3,4)30(38)15-18-40(31,39)7/h8,10,22,24,27-33,46H,1,9,11-21,23H2,2-7H3/t27-,28+,29+,30-,31+,32?,33+,38-,39+,40+,41-/m0/s1. The number of hydrogen-bond acceptors (Lipinski definition) is 6. The van der Waals surface area contributed by atoms with Crippen molar-refractivity contribution >= 4 is 5.91 Å². The molecule has 1 unspecified atom stereocenters. The first kappa shape index (κ1) is 32.7. The number of hydrogen-bond donors (Lipinski definition) is 1. The van der Waals surface area contributed by atoms with E-state index >= 15 is 4.79 Å². The summed E-state index contributed by atoms with van der Waals surface area (Å²) in [6.07, 6.45) is 16.2. The van der Waals surface area contributed by atoms with E-state index in [0.717, 1.165) is 63.5 Å². The molecule has 6 aliphatic rings. The van der Waals surface area contributed by atoms with Crippen molar-refractivity contribution in [2.24, 2.45) is 56.7 Å². The average Bonchev–Trinajstić information content (AvgIpc) is 3.82. The molecular formula is C41H58N4O3. The summed E-state index contributed by atoms with van der Waals surface area (Å²) in [5, 5.41) is 15.4. The van der Waals surface area contributed by atoms with E-state index in [2.05, 4.69) is 63.2 Å². The van der Waals surface area contributed by atoms with Crippen LogP contribution in [0.2, 0.25) is 0 Å². The van der Waals surface area contributed by atoms with Crippen molar-refractivity contribution in [2.75, 3.05) is 6.54 Å². The lowest BCUT2D eigenvalue weighted by Gasteiger charge is -2.73. The molecule has 5 saturated carbocycles. The number of aliphatic hydroxyl groups is 1. The van der Waals surface area contributed by atoms with Crippen LogP contribution in [0, 0.1) is 56.7 Å². The second kappa shape index (κ2) is 11.0. The Labute approximate surface area is 287 Å². The summed E-state index contributed by atoms with van der Waals surface area (Å²) in [6.45, 7) is 20.1. The van der Waals surface area contributed by atoms with Gasteiger partial charge in [0.1, 0.15) is 6.04 Å². The van der Waals surface area contributed by atoms with E-state index in [1.54, 1.807) is 12.4 Å². The molecule has 6 fully saturated rings. The van der Waals surface area contributed by atoms with Crippen molar-refractivity contribution < 1.29 is 14.4 Å². The lowest BCUT2D eigenvalue weighted by molar-refractivity contribution is -0.247. The van der Waals surface area contributed by atoms with Gasteiger partial charge in [0.15, 0.2) is 0 Å². The summed E-state index contributed by atoms with van der Waals surface area (Å²) in [4.78, 5) is 26.5. The molecule has 1 saturated heterocycles. The second-order valence-corrected chi connectivity index (χ2v) is 18.6. The summed E-state index contributed by atoms with van der Waals surface area (Å²) < 4.78 is 5.87. The molecule has 5 aliphatic carbocycles. The van der Waals surface area contributed by atoms with Crippen LogP contribution in [-0.2, 0) is 4.79 Å². The maximum atomic E-state index is 15.3. The van der Waals surface area contributed by atoms with Gasteiger partial charge in [0.25, 0.3) is 0 Å². The summed E-state index contributed by atoms with van der Waals surface area (Å²) in [6, 6.07) is 3.65. The zero-order chi connectivity index (χ0) is 33.9. The molecular weight excluding hydrogens is 596 g/mol. The van der Waals surface area contributed by atoms with Crippen LogP contribution in [0.5, 0.6) is 0 Å². The predicted molar refractivity (Wildman–Crippen MR) is 186 cm³/mol. The molecule has 0 bridgehead atoms. The third kappa shape index (κ3) is 4.27. The number of nitrogens with zero attached hydrogens (tertiary/aromatic N) is 4. The van der Waals surface area contributed by atoms with Gasteiger partial charge in [-0.2, -0.15) is 4.98 Å². The van der Waals surface area contributed by atoms with Gasteiger partial charge in [-0.3, -0.25) is 9.78 Å². The first-order valence-corrected chi connectivity index (χ1v) is 19.2. The van der Waals surface area contributed by atoms with Crippen molar-refractivity contribution in [2.45, 2.75) is 131 Å². The Hall–Kier alpha value is -2.54. The Morgan fingerprint density at radius 2 is 1.77 bits per heavy atom. The van der Waals surface area contributed by atoms with Gasteiger partial charge in [-0.1, -0.05) is 51.9 Å². The summed E-state index contributed by atoms with van der Waals surface area (Å²) in [5.41, 5.74) is 2.34. The lowest BCUT2D eigenvalue weighted by Crippen LogP contribution is -2.67. The van der Waals surface area contributed by atoms with Crippen molar-refractivity contribution in [3.8, 4) is 11.4 Å². The summed E-state index contributed by atoms with van der Waals surface area (Å²) in [5.74, 6) is 3.86. The third-order valence-electron chi connectivity index (χ3n) is 16.6. The van der Waals surface area contributed by atoms with Gasteiger partial charge >= 0.3 is 0 Å². The van der Waals surface area contributed by atoms with Gasteiger partial charge in [-0.05, 0) is 147 Å². The number of fused-ring (bicyclic) bond motifs is 7. The molecule has 7 nitrogen and oxygen atoms in total. The van der Waals surface area contributed by atoms with Crippen LogP contribution in [-0.4, -0.2) is 43.7 Å². The number of pyridine rings is 1. The summed E-state index contributed by atoms with van der Waals surface area (Å²) in [7, 11) is 0. The number of carbonyl (C=O) groups excluding carboxylic acids is 1. The normalized spacial score (nSPS) is 44.7. The number of amides is 1. The quantitative estimate of drug-likeness (QED) is 0.331. The smallest absolute Gasteiger partial charge is 0.249 e. The van der Waals surface area contributed by atoms with Crippen molar-refractivity contribution in [1.82, 2.24) is 20.0 Å². The molecule has 0 spiro atoms. The minimum absolute atomic E-state index is 0.0416. The topological polar surface area (TPSA) is 92.4 Å². The van der Waals surface area contributed by atoms with E-state index in [-0.39, 0.29) is 39.2 Å². The van der Waals surface area contributed by atoms with E-state index in [9.17, 15) is 5.11 Å². The van der Waals surface area contributed by atoms with Gasteiger partial charge in [0, 0.05) is 24.5 Å². The number of rotatable bonds is 4. The van der Waals surface area contributed by atoms with Crippen molar-refractivity contribution in [3.63, 3.8) is 0 Å². The highest BCUT2D eigenvalue weighted by molar-refractivity contribution is 5.84. The lowest BCUT2D eigenvalue weighted by atomic mass is 9.32. The Bertz CT molecular complexity index is 1590. The molecule has 1 amide bonds. The maximum Gasteiger partial charge on any atom is 0.249 e. The van der Waals surface area contributed by atoms with E-state index in [1.165, 1.54) is 31.3 Å². The number of aliphatic hydroxyl groups excluding tert-OH is 1.